The van der Waals surface area contributed by atoms with E-state index in [2.05, 4.69) is 32.1 Å². The van der Waals surface area contributed by atoms with Crippen molar-refractivity contribution in [3.63, 3.8) is 0 Å². The van der Waals surface area contributed by atoms with Crippen molar-refractivity contribution in [3.05, 3.63) is 36.0 Å². The van der Waals surface area contributed by atoms with E-state index in [1.165, 1.54) is 18.1 Å². The van der Waals surface area contributed by atoms with Crippen LogP contribution in [0.2, 0.25) is 0 Å². The van der Waals surface area contributed by atoms with Gasteiger partial charge in [0.15, 0.2) is 5.65 Å². The molecule has 0 saturated heterocycles. The quantitative estimate of drug-likeness (QED) is 0.367. The molecule has 4 rings (SSSR count). The molecule has 1 aromatic carbocycles. The highest BCUT2D eigenvalue weighted by atomic mass is 16.6. The summed E-state index contributed by atoms with van der Waals surface area (Å²) in [5.74, 6) is 0.984. The Bertz CT molecular complexity index is 1400. The number of nitrogens with one attached hydrogen (secondary N) is 3. The van der Waals surface area contributed by atoms with Crippen LogP contribution in [0.3, 0.4) is 0 Å². The molecule has 0 unspecified atom stereocenters. The smallest absolute Gasteiger partial charge is 0.429 e. The van der Waals surface area contributed by atoms with Crippen LogP contribution in [0.15, 0.2) is 30.5 Å². The standard InChI is InChI=1S/C26H33N9O3/c1-7-34(25(37)38-26(3,4)5)33(6)21-11-10-19(12-20(21)29-16(2)36)30-22-13-23(31-18-8-9-18)35-24(32-22)17(14-27)15-28-35/h10-13,15,18,31H,7-9H2,1-6H3,(H,29,36)(H,30,32). The van der Waals surface area contributed by atoms with E-state index < -0.39 is 11.7 Å². The summed E-state index contributed by atoms with van der Waals surface area (Å²) in [6, 6.07) is 9.71. The zero-order chi connectivity index (χ0) is 27.6. The Hall–Kier alpha value is -4.53. The zero-order valence-corrected chi connectivity index (χ0v) is 22.5. The summed E-state index contributed by atoms with van der Waals surface area (Å²) >= 11 is 0. The van der Waals surface area contributed by atoms with Gasteiger partial charge >= 0.3 is 6.09 Å². The summed E-state index contributed by atoms with van der Waals surface area (Å²) in [4.78, 5) is 29.5. The van der Waals surface area contributed by atoms with Crippen molar-refractivity contribution in [2.45, 2.75) is 59.1 Å². The molecule has 0 aliphatic heterocycles. The van der Waals surface area contributed by atoms with Crippen molar-refractivity contribution in [2.24, 2.45) is 0 Å². The van der Waals surface area contributed by atoms with E-state index in [9.17, 15) is 14.9 Å². The van der Waals surface area contributed by atoms with Crippen molar-refractivity contribution < 1.29 is 14.3 Å². The minimum absolute atomic E-state index is 0.259. The summed E-state index contributed by atoms with van der Waals surface area (Å²) in [6.07, 6.45) is 3.15. The van der Waals surface area contributed by atoms with Crippen LogP contribution in [0, 0.1) is 11.3 Å². The molecular formula is C26H33N9O3. The first kappa shape index (κ1) is 26.5. The van der Waals surface area contributed by atoms with Gasteiger partial charge in [0.25, 0.3) is 0 Å². The molecule has 0 bridgehead atoms. The van der Waals surface area contributed by atoms with E-state index in [-0.39, 0.29) is 5.91 Å². The summed E-state index contributed by atoms with van der Waals surface area (Å²) in [5, 5.41) is 26.4. The van der Waals surface area contributed by atoms with E-state index >= 15 is 0 Å². The van der Waals surface area contributed by atoms with E-state index in [0.29, 0.717) is 46.7 Å². The molecule has 12 nitrogen and oxygen atoms in total. The number of carbonyl (C=O) groups is 2. The van der Waals surface area contributed by atoms with Crippen molar-refractivity contribution in [1.82, 2.24) is 19.6 Å². The first-order valence-electron chi connectivity index (χ1n) is 12.5. The number of nitriles is 1. The Labute approximate surface area is 221 Å². The number of rotatable bonds is 8. The molecule has 1 saturated carbocycles. The van der Waals surface area contributed by atoms with Gasteiger partial charge in [-0.2, -0.15) is 14.9 Å². The monoisotopic (exact) mass is 519 g/mol. The second-order valence-corrected chi connectivity index (χ2v) is 10.1. The highest BCUT2D eigenvalue weighted by Gasteiger charge is 2.26. The van der Waals surface area contributed by atoms with Gasteiger partial charge in [-0.25, -0.2) is 14.8 Å². The predicted molar refractivity (Wildman–Crippen MR) is 145 cm³/mol. The summed E-state index contributed by atoms with van der Waals surface area (Å²) in [5.41, 5.74) is 1.90. The molecule has 38 heavy (non-hydrogen) atoms. The third-order valence-electron chi connectivity index (χ3n) is 5.72. The van der Waals surface area contributed by atoms with Crippen LogP contribution in [-0.4, -0.2) is 56.8 Å². The second kappa shape index (κ2) is 10.5. The lowest BCUT2D eigenvalue weighted by molar-refractivity contribution is -0.114. The molecule has 2 amide bonds. The molecule has 2 heterocycles. The van der Waals surface area contributed by atoms with Gasteiger partial charge in [0.05, 0.1) is 17.6 Å². The first-order valence-corrected chi connectivity index (χ1v) is 12.5. The zero-order valence-electron chi connectivity index (χ0n) is 22.5. The summed E-state index contributed by atoms with van der Waals surface area (Å²) in [7, 11) is 1.73. The van der Waals surface area contributed by atoms with Gasteiger partial charge in [-0.15, -0.1) is 0 Å². The molecule has 3 N–H and O–H groups in total. The van der Waals surface area contributed by atoms with Gasteiger partial charge in [-0.1, -0.05) is 0 Å². The van der Waals surface area contributed by atoms with Gasteiger partial charge in [0.1, 0.15) is 28.9 Å². The van der Waals surface area contributed by atoms with Gasteiger partial charge in [0.2, 0.25) is 5.91 Å². The van der Waals surface area contributed by atoms with Crippen molar-refractivity contribution in [2.75, 3.05) is 34.6 Å². The molecule has 1 fully saturated rings. The molecule has 0 atom stereocenters. The number of hydrazine groups is 1. The fraction of sp³-hybridized carbons (Fsp3) is 0.423. The van der Waals surface area contributed by atoms with Crippen LogP contribution in [0.5, 0.6) is 0 Å². The number of benzene rings is 1. The highest BCUT2D eigenvalue weighted by molar-refractivity contribution is 5.94. The molecule has 2 aromatic heterocycles. The number of nitrogens with zero attached hydrogens (tertiary/aromatic N) is 6. The number of hydrogen-bond acceptors (Lipinski definition) is 9. The van der Waals surface area contributed by atoms with Gasteiger partial charge < -0.3 is 20.7 Å². The van der Waals surface area contributed by atoms with E-state index in [1.807, 2.05) is 39.8 Å². The van der Waals surface area contributed by atoms with Crippen LogP contribution >= 0.6 is 0 Å². The number of hydrogen-bond donors (Lipinski definition) is 3. The second-order valence-electron chi connectivity index (χ2n) is 10.1. The van der Waals surface area contributed by atoms with Crippen LogP contribution in [0.1, 0.15) is 53.0 Å². The minimum atomic E-state index is -0.651. The summed E-state index contributed by atoms with van der Waals surface area (Å²) in [6.45, 7) is 9.05. The molecule has 12 heteroatoms. The molecule has 3 aromatic rings. The number of carbonyl (C=O) groups excluding carboxylic acids is 2. The third kappa shape index (κ3) is 6.05. The Morgan fingerprint density at radius 1 is 1.26 bits per heavy atom. The molecule has 1 aliphatic carbocycles. The SMILES string of the molecule is CCN(C(=O)OC(C)(C)C)N(C)c1ccc(Nc2cc(NC3CC3)n3ncc(C#N)c3n2)cc1NC(C)=O. The van der Waals surface area contributed by atoms with Crippen molar-refractivity contribution >= 4 is 46.3 Å². The fourth-order valence-corrected chi connectivity index (χ4v) is 3.89. The van der Waals surface area contributed by atoms with Crippen LogP contribution in [0.4, 0.5) is 33.5 Å². The lowest BCUT2D eigenvalue weighted by Crippen LogP contribution is -2.47. The number of amides is 2. The fourth-order valence-electron chi connectivity index (χ4n) is 3.89. The van der Waals surface area contributed by atoms with Crippen LogP contribution in [-0.2, 0) is 9.53 Å². The first-order chi connectivity index (χ1) is 18.0. The molecule has 1 aliphatic rings. The normalized spacial score (nSPS) is 13.0. The molecule has 200 valence electrons. The van der Waals surface area contributed by atoms with Crippen molar-refractivity contribution in [3.8, 4) is 6.07 Å². The maximum atomic E-state index is 12.8. The largest absolute Gasteiger partial charge is 0.442 e. The van der Waals surface area contributed by atoms with E-state index in [1.54, 1.807) is 28.7 Å². The lowest BCUT2D eigenvalue weighted by Gasteiger charge is -2.35. The number of ether oxygens (including phenoxy) is 1. The minimum Gasteiger partial charge on any atom is -0.442 e. The Balaban J connectivity index is 1.66. The lowest BCUT2D eigenvalue weighted by atomic mass is 10.2. The van der Waals surface area contributed by atoms with Gasteiger partial charge in [-0.3, -0.25) is 9.80 Å². The third-order valence-corrected chi connectivity index (χ3v) is 5.72. The Morgan fingerprint density at radius 3 is 2.61 bits per heavy atom. The molecular weight excluding hydrogens is 486 g/mol. The van der Waals surface area contributed by atoms with E-state index in [4.69, 9.17) is 4.74 Å². The van der Waals surface area contributed by atoms with E-state index in [0.717, 1.165) is 18.7 Å². The number of anilines is 5. The van der Waals surface area contributed by atoms with Crippen molar-refractivity contribution in [1.29, 1.82) is 5.26 Å². The number of aromatic nitrogens is 3. The average molecular weight is 520 g/mol. The summed E-state index contributed by atoms with van der Waals surface area (Å²) < 4.78 is 7.17. The molecule has 0 radical (unpaired) electrons. The average Bonchev–Trinajstić information content (AvgIpc) is 3.54. The van der Waals surface area contributed by atoms with Crippen LogP contribution in [0.25, 0.3) is 5.65 Å². The Kier molecular flexibility index (Phi) is 7.30. The predicted octanol–water partition coefficient (Wildman–Crippen LogP) is 4.49. The Morgan fingerprint density at radius 2 is 2.00 bits per heavy atom. The number of fused-ring (bicyclic) bond motifs is 1. The maximum Gasteiger partial charge on any atom is 0.429 e. The highest BCUT2D eigenvalue weighted by Crippen LogP contribution is 2.32. The maximum absolute atomic E-state index is 12.8. The topological polar surface area (TPSA) is 140 Å². The van der Waals surface area contributed by atoms with Gasteiger partial charge in [-0.05, 0) is 58.7 Å². The van der Waals surface area contributed by atoms with Crippen LogP contribution < -0.4 is 21.0 Å². The molecule has 0 spiro atoms. The van der Waals surface area contributed by atoms with Gasteiger partial charge in [0, 0.05) is 38.3 Å².